The lowest BCUT2D eigenvalue weighted by molar-refractivity contribution is -0.148. The number of carbonyl (C=O) groups is 2. The fourth-order valence-corrected chi connectivity index (χ4v) is 4.17. The predicted molar refractivity (Wildman–Crippen MR) is 152 cm³/mol. The van der Waals surface area contributed by atoms with Crippen molar-refractivity contribution in [1.29, 1.82) is 5.41 Å². The Kier molecular flexibility index (Phi) is 10.8. The second-order valence-electron chi connectivity index (χ2n) is 9.23. The monoisotopic (exact) mass is 551 g/mol. The third-order valence-corrected chi connectivity index (χ3v) is 6.20. The van der Waals surface area contributed by atoms with E-state index in [-0.39, 0.29) is 30.9 Å². The zero-order valence-electron chi connectivity index (χ0n) is 22.3. The summed E-state index contributed by atoms with van der Waals surface area (Å²) in [4.78, 5) is 24.9. The van der Waals surface area contributed by atoms with Crippen LogP contribution in [-0.4, -0.2) is 38.1 Å². The molecule has 0 bridgehead atoms. The van der Waals surface area contributed by atoms with Crippen LogP contribution in [0.3, 0.4) is 0 Å². The molecule has 1 atom stereocenters. The lowest BCUT2D eigenvalue weighted by Gasteiger charge is -2.24. The molecule has 1 unspecified atom stereocenters. The van der Waals surface area contributed by atoms with Gasteiger partial charge in [-0.05, 0) is 60.4 Å². The van der Waals surface area contributed by atoms with E-state index in [2.05, 4.69) is 5.32 Å². The van der Waals surface area contributed by atoms with Crippen LogP contribution in [0.25, 0.3) is 0 Å². The molecule has 3 aromatic rings. The SMILES string of the molecule is COC(=O)C(Nc1ccc(C(=N)N)cc1)c1cc(Cl)cc(CCc2ccccc2)c1OCCOC(=O)C(C)C. The van der Waals surface area contributed by atoms with E-state index >= 15 is 0 Å². The highest BCUT2D eigenvalue weighted by atomic mass is 35.5. The summed E-state index contributed by atoms with van der Waals surface area (Å²) >= 11 is 6.55. The highest BCUT2D eigenvalue weighted by molar-refractivity contribution is 6.30. The smallest absolute Gasteiger partial charge is 0.333 e. The first kappa shape index (κ1) is 29.5. The van der Waals surface area contributed by atoms with Crippen LogP contribution in [0.5, 0.6) is 5.75 Å². The fraction of sp³-hybridized carbons (Fsp3) is 0.300. The van der Waals surface area contributed by atoms with Crippen LogP contribution in [0.2, 0.25) is 5.02 Å². The van der Waals surface area contributed by atoms with Gasteiger partial charge in [-0.2, -0.15) is 0 Å². The first-order valence-corrected chi connectivity index (χ1v) is 13.0. The third kappa shape index (κ3) is 8.48. The van der Waals surface area contributed by atoms with Crippen molar-refractivity contribution < 1.29 is 23.8 Å². The number of aryl methyl sites for hydroxylation is 2. The van der Waals surface area contributed by atoms with Crippen molar-refractivity contribution in [3.05, 3.63) is 94.0 Å². The van der Waals surface area contributed by atoms with Crippen LogP contribution in [0.15, 0.2) is 66.7 Å². The summed E-state index contributed by atoms with van der Waals surface area (Å²) in [6.07, 6.45) is 1.32. The molecule has 0 radical (unpaired) electrons. The minimum atomic E-state index is -0.958. The third-order valence-electron chi connectivity index (χ3n) is 5.99. The van der Waals surface area contributed by atoms with Crippen molar-refractivity contribution in [3.8, 4) is 5.75 Å². The largest absolute Gasteiger partial charge is 0.489 e. The van der Waals surface area contributed by atoms with Gasteiger partial charge >= 0.3 is 11.9 Å². The standard InChI is InChI=1S/C30H34ClN3O5/c1-19(2)29(35)39-16-15-38-27-22(10-9-20-7-5-4-6-8-20)17-23(31)18-25(27)26(30(36)37-3)34-24-13-11-21(12-14-24)28(32)33/h4-8,11-14,17-19,26,34H,9-10,15-16H2,1-3H3,(H3,32,33). The highest BCUT2D eigenvalue weighted by Crippen LogP contribution is 2.36. The van der Waals surface area contributed by atoms with Gasteiger partial charge in [0.15, 0.2) is 6.04 Å². The van der Waals surface area contributed by atoms with E-state index in [9.17, 15) is 9.59 Å². The van der Waals surface area contributed by atoms with Gasteiger partial charge in [0.05, 0.1) is 13.0 Å². The maximum atomic E-state index is 13.0. The summed E-state index contributed by atoms with van der Waals surface area (Å²) in [6, 6.07) is 19.3. The number of esters is 2. The molecular formula is C30H34ClN3O5. The summed E-state index contributed by atoms with van der Waals surface area (Å²) < 4.78 is 16.6. The Morgan fingerprint density at radius 1 is 0.974 bits per heavy atom. The summed E-state index contributed by atoms with van der Waals surface area (Å²) in [7, 11) is 1.31. The zero-order valence-corrected chi connectivity index (χ0v) is 23.1. The van der Waals surface area contributed by atoms with Gasteiger partial charge < -0.3 is 25.3 Å². The van der Waals surface area contributed by atoms with Gasteiger partial charge in [-0.15, -0.1) is 0 Å². The summed E-state index contributed by atoms with van der Waals surface area (Å²) in [5, 5.41) is 11.2. The minimum absolute atomic E-state index is 0.0556. The Hall–Kier alpha value is -4.04. The Bertz CT molecular complexity index is 1280. The average Bonchev–Trinajstić information content (AvgIpc) is 2.93. The minimum Gasteiger partial charge on any atom is -0.489 e. The maximum Gasteiger partial charge on any atom is 0.333 e. The molecule has 8 nitrogen and oxygen atoms in total. The molecule has 39 heavy (non-hydrogen) atoms. The van der Waals surface area contributed by atoms with E-state index < -0.39 is 12.0 Å². The van der Waals surface area contributed by atoms with Crippen molar-refractivity contribution >= 4 is 35.1 Å². The number of benzene rings is 3. The first-order chi connectivity index (χ1) is 18.7. The predicted octanol–water partition coefficient (Wildman–Crippen LogP) is 5.31. The van der Waals surface area contributed by atoms with E-state index in [1.54, 1.807) is 44.2 Å². The number of hydrogen-bond acceptors (Lipinski definition) is 7. The quantitative estimate of drug-likeness (QED) is 0.114. The molecule has 0 amide bonds. The van der Waals surface area contributed by atoms with Gasteiger partial charge in [0, 0.05) is 21.8 Å². The highest BCUT2D eigenvalue weighted by Gasteiger charge is 2.28. The molecule has 0 spiro atoms. The van der Waals surface area contributed by atoms with Crippen molar-refractivity contribution in [2.45, 2.75) is 32.7 Å². The van der Waals surface area contributed by atoms with Crippen LogP contribution in [-0.2, 0) is 31.9 Å². The van der Waals surface area contributed by atoms with Crippen molar-refractivity contribution in [2.24, 2.45) is 11.7 Å². The topological polar surface area (TPSA) is 124 Å². The molecule has 9 heteroatoms. The number of rotatable bonds is 13. The summed E-state index contributed by atoms with van der Waals surface area (Å²) in [6.45, 7) is 3.67. The number of amidine groups is 1. The second-order valence-corrected chi connectivity index (χ2v) is 9.67. The molecular weight excluding hydrogens is 518 g/mol. The number of nitrogens with two attached hydrogens (primary N) is 1. The van der Waals surface area contributed by atoms with Crippen LogP contribution in [0.1, 0.15) is 42.1 Å². The first-order valence-electron chi connectivity index (χ1n) is 12.6. The maximum absolute atomic E-state index is 13.0. The summed E-state index contributed by atoms with van der Waals surface area (Å²) in [5.74, 6) is -0.697. The number of methoxy groups -OCH3 is 1. The Morgan fingerprint density at radius 3 is 2.28 bits per heavy atom. The molecule has 0 saturated carbocycles. The van der Waals surface area contributed by atoms with E-state index in [4.69, 9.17) is 37.0 Å². The Balaban J connectivity index is 1.97. The molecule has 4 N–H and O–H groups in total. The number of ether oxygens (including phenoxy) is 3. The molecule has 0 saturated heterocycles. The van der Waals surface area contributed by atoms with E-state index in [1.165, 1.54) is 7.11 Å². The van der Waals surface area contributed by atoms with Crippen LogP contribution >= 0.6 is 11.6 Å². The van der Waals surface area contributed by atoms with Crippen molar-refractivity contribution in [2.75, 3.05) is 25.6 Å². The molecule has 3 aromatic carbocycles. The van der Waals surface area contributed by atoms with Gasteiger partial charge in [0.1, 0.15) is 24.8 Å². The molecule has 0 fully saturated rings. The normalized spacial score (nSPS) is 11.5. The zero-order chi connectivity index (χ0) is 28.4. The van der Waals surface area contributed by atoms with Gasteiger partial charge in [-0.1, -0.05) is 55.8 Å². The number of nitrogens with one attached hydrogen (secondary N) is 2. The number of halogens is 1. The number of hydrogen-bond donors (Lipinski definition) is 3. The molecule has 206 valence electrons. The van der Waals surface area contributed by atoms with Gasteiger partial charge in [-0.25, -0.2) is 4.79 Å². The van der Waals surface area contributed by atoms with Crippen molar-refractivity contribution in [1.82, 2.24) is 0 Å². The van der Waals surface area contributed by atoms with Gasteiger partial charge in [0.25, 0.3) is 0 Å². The average molecular weight is 552 g/mol. The molecule has 0 heterocycles. The van der Waals surface area contributed by atoms with Crippen LogP contribution in [0.4, 0.5) is 5.69 Å². The number of nitrogen functional groups attached to an aromatic ring is 1. The Morgan fingerprint density at radius 2 is 1.67 bits per heavy atom. The lowest BCUT2D eigenvalue weighted by Crippen LogP contribution is -2.24. The van der Waals surface area contributed by atoms with Crippen LogP contribution < -0.4 is 15.8 Å². The van der Waals surface area contributed by atoms with Gasteiger partial charge in [-0.3, -0.25) is 10.2 Å². The lowest BCUT2D eigenvalue weighted by atomic mass is 9.97. The number of carbonyl (C=O) groups excluding carboxylic acids is 2. The van der Waals surface area contributed by atoms with E-state index in [0.717, 1.165) is 17.5 Å². The number of anilines is 1. The fourth-order valence-electron chi connectivity index (χ4n) is 3.92. The van der Waals surface area contributed by atoms with Crippen molar-refractivity contribution in [3.63, 3.8) is 0 Å². The molecule has 0 aliphatic carbocycles. The van der Waals surface area contributed by atoms with E-state index in [1.807, 2.05) is 36.4 Å². The molecule has 0 aromatic heterocycles. The van der Waals surface area contributed by atoms with Gasteiger partial charge in [0.2, 0.25) is 0 Å². The molecule has 0 aliphatic heterocycles. The molecule has 3 rings (SSSR count). The van der Waals surface area contributed by atoms with Crippen LogP contribution in [0, 0.1) is 11.3 Å². The molecule has 0 aliphatic rings. The summed E-state index contributed by atoms with van der Waals surface area (Å²) in [5.41, 5.74) is 9.17. The van der Waals surface area contributed by atoms with E-state index in [0.29, 0.717) is 34.0 Å². The second kappa shape index (κ2) is 14.2. The Labute approximate surface area is 233 Å².